The molecule has 0 saturated heterocycles. The van der Waals surface area contributed by atoms with Crippen molar-refractivity contribution in [1.82, 2.24) is 5.32 Å². The van der Waals surface area contributed by atoms with E-state index in [2.05, 4.69) is 11.4 Å². The van der Waals surface area contributed by atoms with Crippen molar-refractivity contribution in [3.8, 4) is 11.5 Å². The lowest BCUT2D eigenvalue weighted by atomic mass is 10.1. The van der Waals surface area contributed by atoms with E-state index in [1.807, 2.05) is 12.1 Å². The Bertz CT molecular complexity index is 670. The Morgan fingerprint density at radius 1 is 1.23 bits per heavy atom. The van der Waals surface area contributed by atoms with Crippen LogP contribution in [0.2, 0.25) is 5.02 Å². The van der Waals surface area contributed by atoms with Crippen molar-refractivity contribution in [2.45, 2.75) is 13.0 Å². The van der Waals surface area contributed by atoms with Crippen LogP contribution in [0.1, 0.15) is 11.1 Å². The van der Waals surface area contributed by atoms with Crippen LogP contribution in [-0.4, -0.2) is 19.1 Å². The Morgan fingerprint density at radius 2 is 2.05 bits per heavy atom. The number of nitrogens with one attached hydrogen (secondary N) is 1. The number of amides is 1. The van der Waals surface area contributed by atoms with Crippen LogP contribution in [0.3, 0.4) is 0 Å². The van der Waals surface area contributed by atoms with E-state index < -0.39 is 0 Å². The highest BCUT2D eigenvalue weighted by molar-refractivity contribution is 6.30. The molecule has 0 fully saturated rings. The summed E-state index contributed by atoms with van der Waals surface area (Å²) < 4.78 is 10.9. The fourth-order valence-corrected chi connectivity index (χ4v) is 2.41. The van der Waals surface area contributed by atoms with Gasteiger partial charge in [0.05, 0.1) is 6.61 Å². The number of carbonyl (C=O) groups is 1. The standard InChI is InChI=1S/C17H16ClNO3/c18-14-2-4-15(5-3-14)22-11-17(20)19-10-12-1-6-16-13(9-12)7-8-21-16/h1-6,9H,7-8,10-11H2,(H,19,20). The lowest BCUT2D eigenvalue weighted by Gasteiger charge is -2.08. The van der Waals surface area contributed by atoms with E-state index >= 15 is 0 Å². The average molecular weight is 318 g/mol. The zero-order chi connectivity index (χ0) is 15.4. The number of benzene rings is 2. The second-order valence-corrected chi connectivity index (χ2v) is 5.50. The summed E-state index contributed by atoms with van der Waals surface area (Å²) in [4.78, 5) is 11.8. The highest BCUT2D eigenvalue weighted by Crippen LogP contribution is 2.25. The van der Waals surface area contributed by atoms with Gasteiger partial charge in [-0.2, -0.15) is 0 Å². The summed E-state index contributed by atoms with van der Waals surface area (Å²) in [5.74, 6) is 1.40. The summed E-state index contributed by atoms with van der Waals surface area (Å²) in [5, 5.41) is 3.48. The highest BCUT2D eigenvalue weighted by atomic mass is 35.5. The van der Waals surface area contributed by atoms with Gasteiger partial charge in [0.2, 0.25) is 0 Å². The van der Waals surface area contributed by atoms with Crippen LogP contribution in [0.5, 0.6) is 11.5 Å². The summed E-state index contributed by atoms with van der Waals surface area (Å²) in [6.07, 6.45) is 0.927. The highest BCUT2D eigenvalue weighted by Gasteiger charge is 2.12. The molecule has 2 aromatic carbocycles. The summed E-state index contributed by atoms with van der Waals surface area (Å²) in [7, 11) is 0. The molecule has 1 N–H and O–H groups in total. The minimum absolute atomic E-state index is 0.0182. The Balaban J connectivity index is 1.47. The Kier molecular flexibility index (Phi) is 4.49. The zero-order valence-corrected chi connectivity index (χ0v) is 12.7. The zero-order valence-electron chi connectivity index (χ0n) is 12.0. The van der Waals surface area contributed by atoms with Crippen molar-refractivity contribution in [3.05, 3.63) is 58.6 Å². The molecule has 1 amide bonds. The summed E-state index contributed by atoms with van der Waals surface area (Å²) in [5.41, 5.74) is 2.26. The molecule has 0 spiro atoms. The molecule has 4 nitrogen and oxygen atoms in total. The van der Waals surface area contributed by atoms with Gasteiger partial charge in [-0.25, -0.2) is 0 Å². The minimum Gasteiger partial charge on any atom is -0.493 e. The van der Waals surface area contributed by atoms with Gasteiger partial charge in [-0.3, -0.25) is 4.79 Å². The minimum atomic E-state index is -0.160. The van der Waals surface area contributed by atoms with Crippen LogP contribution in [0, 0.1) is 0 Å². The molecule has 0 bridgehead atoms. The first kappa shape index (κ1) is 14.7. The van der Waals surface area contributed by atoms with E-state index in [1.54, 1.807) is 24.3 Å². The van der Waals surface area contributed by atoms with Crippen molar-refractivity contribution in [1.29, 1.82) is 0 Å². The normalized spacial score (nSPS) is 12.4. The van der Waals surface area contributed by atoms with E-state index in [4.69, 9.17) is 21.1 Å². The van der Waals surface area contributed by atoms with Crippen molar-refractivity contribution in [3.63, 3.8) is 0 Å². The lowest BCUT2D eigenvalue weighted by molar-refractivity contribution is -0.123. The molecule has 0 atom stereocenters. The molecule has 0 saturated carbocycles. The second-order valence-electron chi connectivity index (χ2n) is 5.06. The first-order chi connectivity index (χ1) is 10.7. The van der Waals surface area contributed by atoms with Gasteiger partial charge in [0.15, 0.2) is 6.61 Å². The molecule has 1 aliphatic heterocycles. The first-order valence-electron chi connectivity index (χ1n) is 7.10. The van der Waals surface area contributed by atoms with Crippen LogP contribution < -0.4 is 14.8 Å². The summed E-state index contributed by atoms with van der Waals surface area (Å²) in [6, 6.07) is 12.9. The van der Waals surface area contributed by atoms with Gasteiger partial charge in [0.25, 0.3) is 5.91 Å². The van der Waals surface area contributed by atoms with Crippen molar-refractivity contribution in [2.75, 3.05) is 13.2 Å². The number of ether oxygens (including phenoxy) is 2. The van der Waals surface area contributed by atoms with Crippen LogP contribution in [0.4, 0.5) is 0 Å². The molecule has 114 valence electrons. The van der Waals surface area contributed by atoms with Gasteiger partial charge in [0, 0.05) is 18.0 Å². The molecule has 0 aliphatic carbocycles. The van der Waals surface area contributed by atoms with Gasteiger partial charge >= 0.3 is 0 Å². The smallest absolute Gasteiger partial charge is 0.258 e. The number of carbonyl (C=O) groups excluding carboxylic acids is 1. The molecule has 0 unspecified atom stereocenters. The molecule has 22 heavy (non-hydrogen) atoms. The van der Waals surface area contributed by atoms with Crippen molar-refractivity contribution in [2.24, 2.45) is 0 Å². The molecule has 0 aromatic heterocycles. The third-order valence-corrected chi connectivity index (χ3v) is 3.68. The van der Waals surface area contributed by atoms with E-state index in [-0.39, 0.29) is 12.5 Å². The number of hydrogen-bond donors (Lipinski definition) is 1. The molecule has 3 rings (SSSR count). The van der Waals surface area contributed by atoms with E-state index in [0.717, 1.165) is 24.3 Å². The first-order valence-corrected chi connectivity index (χ1v) is 7.48. The maximum atomic E-state index is 11.8. The molecule has 1 heterocycles. The maximum Gasteiger partial charge on any atom is 0.258 e. The number of hydrogen-bond acceptors (Lipinski definition) is 3. The van der Waals surface area contributed by atoms with E-state index in [0.29, 0.717) is 17.3 Å². The third kappa shape index (κ3) is 3.71. The van der Waals surface area contributed by atoms with Crippen LogP contribution in [-0.2, 0) is 17.8 Å². The SMILES string of the molecule is O=C(COc1ccc(Cl)cc1)NCc1ccc2c(c1)CCO2. The van der Waals surface area contributed by atoms with Gasteiger partial charge in [0.1, 0.15) is 11.5 Å². The second kappa shape index (κ2) is 6.71. The number of rotatable bonds is 5. The van der Waals surface area contributed by atoms with Crippen LogP contribution in [0.25, 0.3) is 0 Å². The van der Waals surface area contributed by atoms with Gasteiger partial charge in [-0.15, -0.1) is 0 Å². The topological polar surface area (TPSA) is 47.6 Å². The van der Waals surface area contributed by atoms with Gasteiger partial charge < -0.3 is 14.8 Å². The van der Waals surface area contributed by atoms with Crippen molar-refractivity contribution < 1.29 is 14.3 Å². The molecule has 1 aliphatic rings. The molecule has 5 heteroatoms. The third-order valence-electron chi connectivity index (χ3n) is 3.43. The van der Waals surface area contributed by atoms with E-state index in [1.165, 1.54) is 5.56 Å². The maximum absolute atomic E-state index is 11.8. The predicted octanol–water partition coefficient (Wildman–Crippen LogP) is 2.97. The quantitative estimate of drug-likeness (QED) is 0.922. The van der Waals surface area contributed by atoms with E-state index in [9.17, 15) is 4.79 Å². The fourth-order valence-electron chi connectivity index (χ4n) is 2.28. The van der Waals surface area contributed by atoms with Crippen LogP contribution in [0.15, 0.2) is 42.5 Å². The molecule has 0 radical (unpaired) electrons. The monoisotopic (exact) mass is 317 g/mol. The molecular weight excluding hydrogens is 302 g/mol. The molecular formula is C17H16ClNO3. The fraction of sp³-hybridized carbons (Fsp3) is 0.235. The Labute approximate surface area is 134 Å². The van der Waals surface area contributed by atoms with Gasteiger partial charge in [-0.05, 0) is 41.5 Å². The summed E-state index contributed by atoms with van der Waals surface area (Å²) >= 11 is 5.79. The lowest BCUT2D eigenvalue weighted by Crippen LogP contribution is -2.28. The van der Waals surface area contributed by atoms with Crippen molar-refractivity contribution >= 4 is 17.5 Å². The molecule has 2 aromatic rings. The predicted molar refractivity (Wildman–Crippen MR) is 84.4 cm³/mol. The average Bonchev–Trinajstić information content (AvgIpc) is 3.00. The number of fused-ring (bicyclic) bond motifs is 1. The van der Waals surface area contributed by atoms with Crippen LogP contribution >= 0.6 is 11.6 Å². The Morgan fingerprint density at radius 3 is 2.86 bits per heavy atom. The van der Waals surface area contributed by atoms with Gasteiger partial charge in [-0.1, -0.05) is 23.7 Å². The largest absolute Gasteiger partial charge is 0.493 e. The number of halogens is 1. The Hall–Kier alpha value is -2.20. The summed E-state index contributed by atoms with van der Waals surface area (Å²) in [6.45, 7) is 1.20.